The molecular weight excluding hydrogens is 420 g/mol. The van der Waals surface area contributed by atoms with Crippen molar-refractivity contribution in [1.29, 1.82) is 5.26 Å². The normalized spacial score (nSPS) is 15.0. The fraction of sp³-hybridized carbons (Fsp3) is 0.182. The van der Waals surface area contributed by atoms with E-state index in [9.17, 15) is 5.26 Å². The number of benzene rings is 2. The minimum absolute atomic E-state index is 0.0223. The van der Waals surface area contributed by atoms with Crippen LogP contribution in [0.15, 0.2) is 47.9 Å². The van der Waals surface area contributed by atoms with Gasteiger partial charge in [-0.05, 0) is 23.8 Å². The monoisotopic (exact) mass is 438 g/mol. The lowest BCUT2D eigenvalue weighted by Gasteiger charge is -2.25. The number of rotatable bonds is 5. The van der Waals surface area contributed by atoms with Gasteiger partial charge in [0.15, 0.2) is 11.5 Å². The van der Waals surface area contributed by atoms with Gasteiger partial charge in [0.1, 0.15) is 11.6 Å². The molecule has 0 bridgehead atoms. The van der Waals surface area contributed by atoms with Crippen molar-refractivity contribution in [3.05, 3.63) is 64.0 Å². The Hall–Kier alpha value is -3.83. The average molecular weight is 439 g/mol. The molecule has 2 aromatic carbocycles. The highest BCUT2D eigenvalue weighted by atomic mass is 35.5. The molecule has 1 aromatic heterocycles. The number of aromatic amines is 1. The summed E-state index contributed by atoms with van der Waals surface area (Å²) in [5.41, 5.74) is 8.97. The van der Waals surface area contributed by atoms with E-state index in [1.807, 2.05) is 18.2 Å². The van der Waals surface area contributed by atoms with Gasteiger partial charge in [0, 0.05) is 10.6 Å². The predicted molar refractivity (Wildman–Crippen MR) is 114 cm³/mol. The van der Waals surface area contributed by atoms with Crippen LogP contribution in [0.5, 0.6) is 23.1 Å². The molecule has 0 fully saturated rings. The van der Waals surface area contributed by atoms with Crippen LogP contribution in [-0.2, 0) is 0 Å². The molecule has 3 N–H and O–H groups in total. The smallest absolute Gasteiger partial charge is 0.244 e. The Morgan fingerprint density at radius 1 is 1.13 bits per heavy atom. The van der Waals surface area contributed by atoms with E-state index in [1.165, 1.54) is 21.3 Å². The van der Waals surface area contributed by atoms with Gasteiger partial charge in [0.05, 0.1) is 38.5 Å². The van der Waals surface area contributed by atoms with Gasteiger partial charge in [-0.2, -0.15) is 5.26 Å². The number of allylic oxidation sites excluding steroid dienone is 1. The van der Waals surface area contributed by atoms with Crippen LogP contribution < -0.4 is 24.7 Å². The molecule has 9 heteroatoms. The molecule has 1 aliphatic heterocycles. The molecule has 0 saturated heterocycles. The summed E-state index contributed by atoms with van der Waals surface area (Å²) in [6.07, 6.45) is 0. The standard InChI is InChI=1S/C22H19ClN4O4/c1-28-15-8-11(9-16(29-2)20(15)30-3)17-13(10-24)21(25)31-22-18(17)19(26-27-22)12-6-4-5-7-14(12)23/h4-9,17H,25H2,1-3H3,(H,26,27). The number of halogens is 1. The fourth-order valence-electron chi connectivity index (χ4n) is 3.72. The molecule has 1 aliphatic rings. The van der Waals surface area contributed by atoms with E-state index < -0.39 is 5.92 Å². The number of fused-ring (bicyclic) bond motifs is 1. The molecule has 2 heterocycles. The Morgan fingerprint density at radius 3 is 2.39 bits per heavy atom. The Kier molecular flexibility index (Phi) is 5.36. The van der Waals surface area contributed by atoms with Gasteiger partial charge in [-0.1, -0.05) is 29.8 Å². The lowest BCUT2D eigenvalue weighted by atomic mass is 9.82. The summed E-state index contributed by atoms with van der Waals surface area (Å²) in [7, 11) is 4.58. The minimum Gasteiger partial charge on any atom is -0.493 e. The summed E-state index contributed by atoms with van der Waals surface area (Å²) in [6.45, 7) is 0. The summed E-state index contributed by atoms with van der Waals surface area (Å²) in [4.78, 5) is 0. The first-order valence-electron chi connectivity index (χ1n) is 9.24. The van der Waals surface area contributed by atoms with E-state index in [0.29, 0.717) is 39.1 Å². The second-order valence-electron chi connectivity index (χ2n) is 6.68. The van der Waals surface area contributed by atoms with E-state index >= 15 is 0 Å². The van der Waals surface area contributed by atoms with Crippen molar-refractivity contribution in [2.24, 2.45) is 5.73 Å². The summed E-state index contributed by atoms with van der Waals surface area (Å²) in [5.74, 6) is 0.978. The van der Waals surface area contributed by atoms with Crippen LogP contribution in [0.2, 0.25) is 5.02 Å². The Balaban J connectivity index is 2.00. The lowest BCUT2D eigenvalue weighted by molar-refractivity contribution is 0.323. The zero-order valence-electron chi connectivity index (χ0n) is 17.0. The Bertz CT molecular complexity index is 1200. The number of nitriles is 1. The fourth-order valence-corrected chi connectivity index (χ4v) is 3.95. The number of methoxy groups -OCH3 is 3. The van der Waals surface area contributed by atoms with Gasteiger partial charge < -0.3 is 24.7 Å². The number of nitrogens with two attached hydrogens (primary N) is 1. The maximum absolute atomic E-state index is 9.91. The van der Waals surface area contributed by atoms with Crippen LogP contribution in [0.1, 0.15) is 17.0 Å². The molecule has 158 valence electrons. The molecule has 8 nitrogen and oxygen atoms in total. The first kappa shape index (κ1) is 20.4. The number of nitrogens with one attached hydrogen (secondary N) is 1. The van der Waals surface area contributed by atoms with Crippen LogP contribution in [0.3, 0.4) is 0 Å². The predicted octanol–water partition coefficient (Wildman–Crippen LogP) is 3.97. The van der Waals surface area contributed by atoms with Crippen molar-refractivity contribution in [2.75, 3.05) is 21.3 Å². The SMILES string of the molecule is COc1cc(C2C(C#N)=C(N)Oc3n[nH]c(-c4ccccc4Cl)c32)cc(OC)c1OC. The zero-order chi connectivity index (χ0) is 22.1. The van der Waals surface area contributed by atoms with E-state index in [2.05, 4.69) is 16.3 Å². The Labute approximate surface area is 183 Å². The maximum Gasteiger partial charge on any atom is 0.244 e. The van der Waals surface area contributed by atoms with Gasteiger partial charge >= 0.3 is 0 Å². The summed E-state index contributed by atoms with van der Waals surface area (Å²) in [6, 6.07) is 13.0. The van der Waals surface area contributed by atoms with E-state index in [0.717, 1.165) is 5.56 Å². The topological polar surface area (TPSA) is 115 Å². The van der Waals surface area contributed by atoms with Gasteiger partial charge in [-0.3, -0.25) is 5.10 Å². The molecule has 0 spiro atoms. The van der Waals surface area contributed by atoms with Crippen molar-refractivity contribution in [3.63, 3.8) is 0 Å². The van der Waals surface area contributed by atoms with Gasteiger partial charge in [-0.25, -0.2) is 0 Å². The summed E-state index contributed by atoms with van der Waals surface area (Å²) >= 11 is 6.44. The molecule has 0 aliphatic carbocycles. The number of H-pyrrole nitrogens is 1. The summed E-state index contributed by atoms with van der Waals surface area (Å²) < 4.78 is 22.1. The van der Waals surface area contributed by atoms with Crippen LogP contribution >= 0.6 is 11.6 Å². The third-order valence-corrected chi connectivity index (χ3v) is 5.43. The van der Waals surface area contributed by atoms with Crippen molar-refractivity contribution in [1.82, 2.24) is 10.2 Å². The molecule has 4 rings (SSSR count). The van der Waals surface area contributed by atoms with Crippen molar-refractivity contribution >= 4 is 11.6 Å². The second kappa shape index (κ2) is 8.13. The molecular formula is C22H19ClN4O4. The third-order valence-electron chi connectivity index (χ3n) is 5.10. The highest BCUT2D eigenvalue weighted by Crippen LogP contribution is 2.49. The molecule has 0 saturated carbocycles. The van der Waals surface area contributed by atoms with Crippen LogP contribution in [-0.4, -0.2) is 31.5 Å². The molecule has 1 unspecified atom stereocenters. The second-order valence-corrected chi connectivity index (χ2v) is 7.09. The van der Waals surface area contributed by atoms with Crippen molar-refractivity contribution in [3.8, 4) is 40.5 Å². The minimum atomic E-state index is -0.604. The first-order valence-corrected chi connectivity index (χ1v) is 9.62. The van der Waals surface area contributed by atoms with Gasteiger partial charge in [0.2, 0.25) is 17.5 Å². The van der Waals surface area contributed by atoms with Crippen LogP contribution in [0, 0.1) is 11.3 Å². The number of hydrogen-bond donors (Lipinski definition) is 2. The molecule has 3 aromatic rings. The molecule has 1 atom stereocenters. The van der Waals surface area contributed by atoms with E-state index in [1.54, 1.807) is 18.2 Å². The van der Waals surface area contributed by atoms with E-state index in [4.69, 9.17) is 36.3 Å². The number of nitrogens with zero attached hydrogens (tertiary/aromatic N) is 2. The molecule has 31 heavy (non-hydrogen) atoms. The highest BCUT2D eigenvalue weighted by Gasteiger charge is 2.37. The molecule has 0 radical (unpaired) electrons. The number of ether oxygens (including phenoxy) is 4. The molecule has 0 amide bonds. The number of hydrogen-bond acceptors (Lipinski definition) is 7. The first-order chi connectivity index (χ1) is 15.0. The maximum atomic E-state index is 9.91. The largest absolute Gasteiger partial charge is 0.493 e. The summed E-state index contributed by atoms with van der Waals surface area (Å²) in [5, 5.41) is 17.7. The highest BCUT2D eigenvalue weighted by molar-refractivity contribution is 6.33. The van der Waals surface area contributed by atoms with Gasteiger partial charge in [0.25, 0.3) is 0 Å². The Morgan fingerprint density at radius 2 is 1.81 bits per heavy atom. The van der Waals surface area contributed by atoms with Gasteiger partial charge in [-0.15, -0.1) is 5.10 Å². The van der Waals surface area contributed by atoms with Crippen LogP contribution in [0.4, 0.5) is 0 Å². The average Bonchev–Trinajstić information content (AvgIpc) is 3.20. The van der Waals surface area contributed by atoms with Crippen molar-refractivity contribution < 1.29 is 18.9 Å². The van der Waals surface area contributed by atoms with E-state index in [-0.39, 0.29) is 17.3 Å². The quantitative estimate of drug-likeness (QED) is 0.619. The van der Waals surface area contributed by atoms with Crippen molar-refractivity contribution in [2.45, 2.75) is 5.92 Å². The lowest BCUT2D eigenvalue weighted by Crippen LogP contribution is -2.21. The van der Waals surface area contributed by atoms with Crippen LogP contribution in [0.25, 0.3) is 11.3 Å². The number of aromatic nitrogens is 2. The third kappa shape index (κ3) is 3.29. The zero-order valence-corrected chi connectivity index (χ0v) is 17.8.